The molecule has 1 saturated heterocycles. The van der Waals surface area contributed by atoms with Crippen LogP contribution in [-0.4, -0.2) is 38.2 Å². The lowest BCUT2D eigenvalue weighted by atomic mass is 9.97. The SMILES string of the molecule is CON(C)C(=O)C1CNCC1C. The second-order valence-corrected chi connectivity index (χ2v) is 3.26. The zero-order valence-corrected chi connectivity index (χ0v) is 7.83. The zero-order chi connectivity index (χ0) is 9.14. The summed E-state index contributed by atoms with van der Waals surface area (Å²) in [5.41, 5.74) is 0. The molecular weight excluding hydrogens is 156 g/mol. The summed E-state index contributed by atoms with van der Waals surface area (Å²) < 4.78 is 0. The molecule has 0 bridgehead atoms. The fourth-order valence-corrected chi connectivity index (χ4v) is 1.46. The maximum absolute atomic E-state index is 11.5. The van der Waals surface area contributed by atoms with Gasteiger partial charge in [0.1, 0.15) is 0 Å². The number of hydroxylamine groups is 2. The topological polar surface area (TPSA) is 41.6 Å². The smallest absolute Gasteiger partial charge is 0.250 e. The van der Waals surface area contributed by atoms with E-state index in [9.17, 15) is 4.79 Å². The highest BCUT2D eigenvalue weighted by molar-refractivity contribution is 5.78. The Bertz CT molecular complexity index is 172. The molecule has 4 heteroatoms. The van der Waals surface area contributed by atoms with E-state index in [2.05, 4.69) is 12.2 Å². The van der Waals surface area contributed by atoms with Crippen molar-refractivity contribution in [3.8, 4) is 0 Å². The molecule has 2 atom stereocenters. The molecule has 0 radical (unpaired) electrons. The fourth-order valence-electron chi connectivity index (χ4n) is 1.46. The van der Waals surface area contributed by atoms with Crippen LogP contribution in [0.25, 0.3) is 0 Å². The van der Waals surface area contributed by atoms with Gasteiger partial charge in [-0.15, -0.1) is 0 Å². The van der Waals surface area contributed by atoms with Gasteiger partial charge in [0.25, 0.3) is 5.91 Å². The molecular formula is C8H16N2O2. The Morgan fingerprint density at radius 3 is 2.67 bits per heavy atom. The van der Waals surface area contributed by atoms with E-state index in [1.165, 1.54) is 12.2 Å². The molecule has 0 spiro atoms. The maximum Gasteiger partial charge on any atom is 0.250 e. The Kier molecular flexibility index (Phi) is 3.05. The minimum atomic E-state index is 0.0648. The minimum Gasteiger partial charge on any atom is -0.316 e. The number of carbonyl (C=O) groups is 1. The van der Waals surface area contributed by atoms with Crippen LogP contribution >= 0.6 is 0 Å². The largest absolute Gasteiger partial charge is 0.316 e. The van der Waals surface area contributed by atoms with Gasteiger partial charge in [-0.3, -0.25) is 9.63 Å². The summed E-state index contributed by atoms with van der Waals surface area (Å²) in [6.07, 6.45) is 0. The van der Waals surface area contributed by atoms with Crippen molar-refractivity contribution in [2.75, 3.05) is 27.2 Å². The number of hydrogen-bond acceptors (Lipinski definition) is 3. The summed E-state index contributed by atoms with van der Waals surface area (Å²) in [5.74, 6) is 0.556. The molecule has 4 nitrogen and oxygen atoms in total. The van der Waals surface area contributed by atoms with Crippen LogP contribution in [0.1, 0.15) is 6.92 Å². The molecule has 1 aliphatic heterocycles. The number of nitrogens with zero attached hydrogens (tertiary/aromatic N) is 1. The molecule has 70 valence electrons. The minimum absolute atomic E-state index is 0.0648. The molecule has 0 aromatic rings. The normalized spacial score (nSPS) is 28.9. The second-order valence-electron chi connectivity index (χ2n) is 3.26. The molecule has 0 aliphatic carbocycles. The van der Waals surface area contributed by atoms with Crippen molar-refractivity contribution in [2.24, 2.45) is 11.8 Å². The van der Waals surface area contributed by atoms with Gasteiger partial charge in [-0.1, -0.05) is 6.92 Å². The van der Waals surface area contributed by atoms with Crippen molar-refractivity contribution in [3.63, 3.8) is 0 Å². The van der Waals surface area contributed by atoms with Crippen LogP contribution in [0.2, 0.25) is 0 Å². The summed E-state index contributed by atoms with van der Waals surface area (Å²) in [5, 5.41) is 4.48. The third kappa shape index (κ3) is 1.76. The molecule has 2 unspecified atom stereocenters. The van der Waals surface area contributed by atoms with Gasteiger partial charge < -0.3 is 5.32 Å². The van der Waals surface area contributed by atoms with E-state index in [4.69, 9.17) is 4.84 Å². The van der Waals surface area contributed by atoms with Gasteiger partial charge in [-0.05, 0) is 12.5 Å². The van der Waals surface area contributed by atoms with Crippen molar-refractivity contribution < 1.29 is 9.63 Å². The van der Waals surface area contributed by atoms with Crippen LogP contribution in [0, 0.1) is 11.8 Å². The van der Waals surface area contributed by atoms with Gasteiger partial charge in [0.05, 0.1) is 13.0 Å². The Morgan fingerprint density at radius 2 is 2.25 bits per heavy atom. The van der Waals surface area contributed by atoms with E-state index < -0.39 is 0 Å². The molecule has 0 aromatic heterocycles. The maximum atomic E-state index is 11.5. The Labute approximate surface area is 72.8 Å². The van der Waals surface area contributed by atoms with Crippen molar-refractivity contribution in [3.05, 3.63) is 0 Å². The van der Waals surface area contributed by atoms with Gasteiger partial charge in [-0.2, -0.15) is 0 Å². The molecule has 1 heterocycles. The van der Waals surface area contributed by atoms with Crippen molar-refractivity contribution in [2.45, 2.75) is 6.92 Å². The van der Waals surface area contributed by atoms with Crippen LogP contribution in [0.4, 0.5) is 0 Å². The first-order valence-corrected chi connectivity index (χ1v) is 4.19. The Morgan fingerprint density at radius 1 is 1.58 bits per heavy atom. The summed E-state index contributed by atoms with van der Waals surface area (Å²) in [7, 11) is 3.15. The van der Waals surface area contributed by atoms with Crippen LogP contribution in [0.15, 0.2) is 0 Å². The number of carbonyl (C=O) groups excluding carboxylic acids is 1. The van der Waals surface area contributed by atoms with Gasteiger partial charge in [0.2, 0.25) is 0 Å². The lowest BCUT2D eigenvalue weighted by molar-refractivity contribution is -0.173. The zero-order valence-electron chi connectivity index (χ0n) is 7.83. The Hall–Kier alpha value is -0.610. The average molecular weight is 172 g/mol. The lowest BCUT2D eigenvalue weighted by Crippen LogP contribution is -2.35. The molecule has 1 fully saturated rings. The van der Waals surface area contributed by atoms with Gasteiger partial charge in [-0.25, -0.2) is 5.06 Å². The predicted molar refractivity (Wildman–Crippen MR) is 45.3 cm³/mol. The number of amides is 1. The first kappa shape index (κ1) is 9.48. The quantitative estimate of drug-likeness (QED) is 0.589. The summed E-state index contributed by atoms with van der Waals surface area (Å²) >= 11 is 0. The fraction of sp³-hybridized carbons (Fsp3) is 0.875. The summed E-state index contributed by atoms with van der Waals surface area (Å²) in [4.78, 5) is 16.4. The lowest BCUT2D eigenvalue weighted by Gasteiger charge is -2.20. The molecule has 12 heavy (non-hydrogen) atoms. The molecule has 0 saturated carbocycles. The third-order valence-corrected chi connectivity index (χ3v) is 2.42. The standard InChI is InChI=1S/C8H16N2O2/c1-6-4-9-5-7(6)8(11)10(2)12-3/h6-7,9H,4-5H2,1-3H3. The second kappa shape index (κ2) is 3.87. The highest BCUT2D eigenvalue weighted by Crippen LogP contribution is 2.17. The molecule has 1 N–H and O–H groups in total. The third-order valence-electron chi connectivity index (χ3n) is 2.42. The molecule has 0 aromatic carbocycles. The van der Waals surface area contributed by atoms with Crippen LogP contribution in [0.3, 0.4) is 0 Å². The Balaban J connectivity index is 2.51. The summed E-state index contributed by atoms with van der Waals surface area (Å²) in [6.45, 7) is 3.77. The molecule has 1 aliphatic rings. The van der Waals surface area contributed by atoms with Crippen molar-refractivity contribution >= 4 is 5.91 Å². The van der Waals surface area contributed by atoms with E-state index in [0.29, 0.717) is 5.92 Å². The first-order chi connectivity index (χ1) is 5.66. The number of rotatable bonds is 2. The van der Waals surface area contributed by atoms with Gasteiger partial charge in [0, 0.05) is 13.6 Å². The molecule has 1 rings (SSSR count). The number of hydrogen-bond donors (Lipinski definition) is 1. The highest BCUT2D eigenvalue weighted by Gasteiger charge is 2.31. The van der Waals surface area contributed by atoms with E-state index in [1.807, 2.05) is 0 Å². The average Bonchev–Trinajstić information content (AvgIpc) is 2.48. The monoisotopic (exact) mass is 172 g/mol. The molecule has 1 amide bonds. The van der Waals surface area contributed by atoms with E-state index in [0.717, 1.165) is 13.1 Å². The van der Waals surface area contributed by atoms with Crippen molar-refractivity contribution in [1.29, 1.82) is 0 Å². The van der Waals surface area contributed by atoms with Gasteiger partial charge >= 0.3 is 0 Å². The predicted octanol–water partition coefficient (Wildman–Crippen LogP) is -0.138. The van der Waals surface area contributed by atoms with E-state index >= 15 is 0 Å². The highest BCUT2D eigenvalue weighted by atomic mass is 16.7. The van der Waals surface area contributed by atoms with E-state index in [1.54, 1.807) is 7.05 Å². The van der Waals surface area contributed by atoms with Crippen LogP contribution in [-0.2, 0) is 9.63 Å². The van der Waals surface area contributed by atoms with Crippen LogP contribution in [0.5, 0.6) is 0 Å². The van der Waals surface area contributed by atoms with Crippen molar-refractivity contribution in [1.82, 2.24) is 10.4 Å². The van der Waals surface area contributed by atoms with Crippen LogP contribution < -0.4 is 5.32 Å². The summed E-state index contributed by atoms with van der Waals surface area (Å²) in [6, 6.07) is 0. The number of nitrogens with one attached hydrogen (secondary N) is 1. The van der Waals surface area contributed by atoms with Gasteiger partial charge in [0.15, 0.2) is 0 Å². The van der Waals surface area contributed by atoms with E-state index in [-0.39, 0.29) is 11.8 Å². The first-order valence-electron chi connectivity index (χ1n) is 4.19.